The van der Waals surface area contributed by atoms with E-state index in [1.54, 1.807) is 47.6 Å². The van der Waals surface area contributed by atoms with Crippen LogP contribution in [0.15, 0.2) is 113 Å². The lowest BCUT2D eigenvalue weighted by molar-refractivity contribution is 0.549. The van der Waals surface area contributed by atoms with Gasteiger partial charge in [0.1, 0.15) is 11.6 Å². The van der Waals surface area contributed by atoms with E-state index < -0.39 is 32.9 Å². The molecule has 2 atom stereocenters. The molecule has 0 amide bonds. The number of hydrogen-bond acceptors (Lipinski definition) is 8. The van der Waals surface area contributed by atoms with E-state index in [0.29, 0.717) is 66.8 Å². The lowest BCUT2D eigenvalue weighted by atomic mass is 9.94. The Labute approximate surface area is 446 Å². The van der Waals surface area contributed by atoms with Crippen molar-refractivity contribution in [2.24, 2.45) is 0 Å². The third kappa shape index (κ3) is 10.5. The molecule has 2 aliphatic carbocycles. The summed E-state index contributed by atoms with van der Waals surface area (Å²) in [5, 5.41) is 0.643. The van der Waals surface area contributed by atoms with Crippen molar-refractivity contribution in [3.63, 3.8) is 0 Å². The zero-order chi connectivity index (χ0) is 51.4. The normalized spacial score (nSPS) is 14.4. The van der Waals surface area contributed by atoms with Gasteiger partial charge in [0.25, 0.3) is 11.1 Å². The van der Waals surface area contributed by atoms with Gasteiger partial charge in [0.2, 0.25) is 0 Å². The van der Waals surface area contributed by atoms with Crippen LogP contribution in [0.5, 0.6) is 0 Å². The van der Waals surface area contributed by atoms with Crippen LogP contribution < -0.4 is 22.4 Å². The van der Waals surface area contributed by atoms with Gasteiger partial charge in [0, 0.05) is 111 Å². The smallest absolute Gasteiger partial charge is 0.339 e. The lowest BCUT2D eigenvalue weighted by Gasteiger charge is -2.19. The fraction of sp³-hybridized carbons (Fsp3) is 0.286. The largest absolute Gasteiger partial charge is 0.422 e. The molecule has 2 fully saturated rings. The van der Waals surface area contributed by atoms with Crippen LogP contribution in [-0.2, 0) is 45.9 Å². The molecule has 0 N–H and O–H groups in total. The molecule has 8 aromatic rings. The molecule has 0 bridgehead atoms. The summed E-state index contributed by atoms with van der Waals surface area (Å²) in [5.74, 6) is 0.0386. The summed E-state index contributed by atoms with van der Waals surface area (Å²) in [6, 6.07) is 25.3. The molecular formula is C56H50F2I2N2O8S2. The van der Waals surface area contributed by atoms with Crippen molar-refractivity contribution in [2.75, 3.05) is 12.5 Å². The van der Waals surface area contributed by atoms with Crippen molar-refractivity contribution in [2.45, 2.75) is 89.8 Å². The third-order valence-corrected chi connectivity index (χ3v) is 16.3. The average Bonchev–Trinajstić information content (AvgIpc) is 4.26. The summed E-state index contributed by atoms with van der Waals surface area (Å²) in [6.45, 7) is 7.00. The molecule has 0 aliphatic heterocycles. The average molecular weight is 1230 g/mol. The van der Waals surface area contributed by atoms with Gasteiger partial charge in [-0.25, -0.2) is 18.4 Å². The molecule has 4 heterocycles. The van der Waals surface area contributed by atoms with Gasteiger partial charge in [-0.05, 0) is 167 Å². The van der Waals surface area contributed by atoms with Crippen LogP contribution in [0.25, 0.3) is 44.2 Å². The molecule has 4 aromatic heterocycles. The Morgan fingerprint density at radius 2 is 0.944 bits per heavy atom. The SMILES string of the molecule is Cc1c(Cc2ccc(I)cc2F)c2c(=O)n(C3CC3)c(C)c(-c3cccc(C[S@@](C)=O)c3)c2oc1=O.Cc1c(Cc2ccc(I)cc2F)c2c(=O)n(C3CC3)c(C)c(-c3cccc(C[S@](C)=O)c3)c2oc1=O. The molecule has 0 saturated heterocycles. The fourth-order valence-electron chi connectivity index (χ4n) is 9.74. The number of pyridine rings is 2. The molecule has 10 rings (SSSR count). The molecule has 0 spiro atoms. The highest BCUT2D eigenvalue weighted by molar-refractivity contribution is 14.1. The minimum absolute atomic E-state index is 0.0853. The second kappa shape index (κ2) is 21.0. The molecule has 72 heavy (non-hydrogen) atoms. The molecule has 0 radical (unpaired) electrons. The van der Waals surface area contributed by atoms with Gasteiger partial charge in [-0.1, -0.05) is 60.7 Å². The van der Waals surface area contributed by atoms with Crippen LogP contribution in [0.2, 0.25) is 0 Å². The summed E-state index contributed by atoms with van der Waals surface area (Å²) >= 11 is 4.10. The summed E-state index contributed by atoms with van der Waals surface area (Å²) in [6.07, 6.45) is 7.11. The van der Waals surface area contributed by atoms with Crippen LogP contribution in [0.1, 0.15) is 93.7 Å². The Kier molecular flexibility index (Phi) is 15.1. The summed E-state index contributed by atoms with van der Waals surface area (Å²) in [4.78, 5) is 53.9. The number of fused-ring (bicyclic) bond motifs is 2. The fourth-order valence-corrected chi connectivity index (χ4v) is 11.9. The van der Waals surface area contributed by atoms with E-state index in [0.717, 1.165) is 66.5 Å². The zero-order valence-corrected chi connectivity index (χ0v) is 46.3. The molecule has 2 saturated carbocycles. The molecule has 4 aromatic carbocycles. The molecule has 16 heteroatoms. The molecular weight excluding hydrogens is 1180 g/mol. The molecule has 10 nitrogen and oxygen atoms in total. The van der Waals surface area contributed by atoms with E-state index in [1.807, 2.05) is 120 Å². The van der Waals surface area contributed by atoms with Gasteiger partial charge in [0.05, 0.1) is 10.8 Å². The predicted octanol–water partition coefficient (Wildman–Crippen LogP) is 11.6. The van der Waals surface area contributed by atoms with Crippen molar-refractivity contribution < 1.29 is 26.0 Å². The first-order chi connectivity index (χ1) is 34.3. The number of nitrogens with zero attached hydrogens (tertiary/aromatic N) is 2. The van der Waals surface area contributed by atoms with Crippen molar-refractivity contribution in [3.8, 4) is 22.3 Å². The van der Waals surface area contributed by atoms with Gasteiger partial charge in [-0.3, -0.25) is 18.0 Å². The number of benzene rings is 4. The van der Waals surface area contributed by atoms with E-state index in [1.165, 1.54) is 12.1 Å². The Morgan fingerprint density at radius 1 is 0.569 bits per heavy atom. The van der Waals surface area contributed by atoms with Gasteiger partial charge in [0.15, 0.2) is 11.2 Å². The highest BCUT2D eigenvalue weighted by Crippen LogP contribution is 2.42. The summed E-state index contributed by atoms with van der Waals surface area (Å²) < 4.78 is 70.2. The van der Waals surface area contributed by atoms with Crippen molar-refractivity contribution in [3.05, 3.63) is 201 Å². The molecule has 372 valence electrons. The summed E-state index contributed by atoms with van der Waals surface area (Å²) in [7, 11) is -2.04. The van der Waals surface area contributed by atoms with E-state index >= 15 is 0 Å². The van der Waals surface area contributed by atoms with Gasteiger partial charge in [-0.2, -0.15) is 0 Å². The topological polar surface area (TPSA) is 139 Å². The maximum Gasteiger partial charge on any atom is 0.339 e. The third-order valence-electron chi connectivity index (χ3n) is 13.5. The van der Waals surface area contributed by atoms with Crippen LogP contribution in [0.4, 0.5) is 8.78 Å². The Morgan fingerprint density at radius 3 is 1.28 bits per heavy atom. The highest BCUT2D eigenvalue weighted by Gasteiger charge is 2.33. The van der Waals surface area contributed by atoms with E-state index in [-0.39, 0.29) is 58.8 Å². The maximum absolute atomic E-state index is 14.8. The van der Waals surface area contributed by atoms with Crippen LogP contribution in [0.3, 0.4) is 0 Å². The van der Waals surface area contributed by atoms with Gasteiger partial charge in [-0.15, -0.1) is 0 Å². The standard InChI is InChI=1S/2C28H25FINO4S/c2*1-15-22(12-18-7-8-20(30)13-23(18)29)25-26(35-28(15)33)24(16(2)31(27(25)32)21-9-10-21)19-6-4-5-17(11-19)14-36(3)34/h2*4-8,11,13,21H,9-10,12,14H2,1-3H3/t2*36-/m10/s1. The Hall–Kier alpha value is -5.18. The second-order valence-corrected chi connectivity index (χ2v) is 24.2. The van der Waals surface area contributed by atoms with Crippen molar-refractivity contribution in [1.29, 1.82) is 0 Å². The number of hydrogen-bond donors (Lipinski definition) is 0. The van der Waals surface area contributed by atoms with Gasteiger partial charge < -0.3 is 18.0 Å². The minimum atomic E-state index is -1.02. The predicted molar refractivity (Wildman–Crippen MR) is 299 cm³/mol. The first-order valence-electron chi connectivity index (χ1n) is 23.4. The van der Waals surface area contributed by atoms with Crippen molar-refractivity contribution in [1.82, 2.24) is 9.13 Å². The highest BCUT2D eigenvalue weighted by atomic mass is 127. The first kappa shape index (κ1) is 51.7. The van der Waals surface area contributed by atoms with E-state index in [4.69, 9.17) is 8.83 Å². The van der Waals surface area contributed by atoms with Crippen molar-refractivity contribution >= 4 is 88.7 Å². The second-order valence-electron chi connectivity index (χ2n) is 18.8. The minimum Gasteiger partial charge on any atom is -0.422 e. The number of rotatable bonds is 12. The lowest BCUT2D eigenvalue weighted by Crippen LogP contribution is -2.25. The zero-order valence-electron chi connectivity index (χ0n) is 40.4. The van der Waals surface area contributed by atoms with Crippen LogP contribution in [-0.4, -0.2) is 30.1 Å². The quantitative estimate of drug-likeness (QED) is 0.110. The monoisotopic (exact) mass is 1230 g/mol. The van der Waals surface area contributed by atoms with E-state index in [9.17, 15) is 36.4 Å². The summed E-state index contributed by atoms with van der Waals surface area (Å²) in [5.41, 5.74) is 7.50. The Bertz CT molecular complexity index is 3590. The number of halogens is 4. The van der Waals surface area contributed by atoms with Gasteiger partial charge >= 0.3 is 11.3 Å². The molecule has 2 aliphatic rings. The Balaban J connectivity index is 0.000000178. The number of aromatic nitrogens is 2. The molecule has 0 unspecified atom stereocenters. The first-order valence-corrected chi connectivity index (χ1v) is 29.0. The van der Waals surface area contributed by atoms with E-state index in [2.05, 4.69) is 0 Å². The van der Waals surface area contributed by atoms with Crippen LogP contribution in [0, 0.1) is 46.5 Å². The maximum atomic E-state index is 14.8. The van der Waals surface area contributed by atoms with Crippen LogP contribution >= 0.6 is 45.2 Å².